The van der Waals surface area contributed by atoms with Gasteiger partial charge in [-0.15, -0.1) is 0 Å². The van der Waals surface area contributed by atoms with E-state index in [1.165, 1.54) is 18.9 Å². The topological polar surface area (TPSA) is 120 Å². The number of hydrogen-bond donors (Lipinski definition) is 2. The van der Waals surface area contributed by atoms with Crippen molar-refractivity contribution in [3.05, 3.63) is 5.82 Å². The molecule has 1 unspecified atom stereocenters. The molecule has 0 saturated heterocycles. The normalized spacial score (nSPS) is 12.0. The molecule has 0 aliphatic rings. The summed E-state index contributed by atoms with van der Waals surface area (Å²) in [5.74, 6) is 1.72. The number of nitrogens with two attached hydrogens (primary N) is 2. The van der Waals surface area contributed by atoms with Gasteiger partial charge in [0.05, 0.1) is 12.9 Å². The minimum atomic E-state index is -0.650. The Morgan fingerprint density at radius 3 is 2.68 bits per heavy atom. The van der Waals surface area contributed by atoms with E-state index in [9.17, 15) is 4.79 Å². The monoisotopic (exact) mass is 286 g/mol. The van der Waals surface area contributed by atoms with Crippen LogP contribution in [0.4, 0.5) is 11.9 Å². The standard InChI is InChI=1S/C10H18N6O2S/c1-16(2)10-14-7(13-9(12)15-10)5-19-4-6(11)8(17)18-3/h6H,4-5,11H2,1-3H3,(H2,12,13,14,15). The summed E-state index contributed by atoms with van der Waals surface area (Å²) in [6.45, 7) is 0. The molecule has 0 aliphatic heterocycles. The first-order valence-corrected chi connectivity index (χ1v) is 6.68. The predicted molar refractivity (Wildman–Crippen MR) is 74.7 cm³/mol. The summed E-state index contributed by atoms with van der Waals surface area (Å²) in [6, 6.07) is -0.650. The maximum Gasteiger partial charge on any atom is 0.323 e. The van der Waals surface area contributed by atoms with E-state index in [1.54, 1.807) is 4.90 Å². The zero-order valence-corrected chi connectivity index (χ0v) is 12.0. The molecular formula is C10H18N6O2S. The number of thioether (sulfide) groups is 1. The first kappa shape index (κ1) is 15.4. The average molecular weight is 286 g/mol. The lowest BCUT2D eigenvalue weighted by Crippen LogP contribution is -2.33. The molecule has 0 spiro atoms. The summed E-state index contributed by atoms with van der Waals surface area (Å²) in [6.07, 6.45) is 0. The van der Waals surface area contributed by atoms with E-state index in [4.69, 9.17) is 11.5 Å². The van der Waals surface area contributed by atoms with Gasteiger partial charge in [-0.25, -0.2) is 0 Å². The quantitative estimate of drug-likeness (QED) is 0.651. The molecule has 1 aromatic rings. The van der Waals surface area contributed by atoms with Crippen LogP contribution in [0.15, 0.2) is 0 Å². The lowest BCUT2D eigenvalue weighted by molar-refractivity contribution is -0.141. The Morgan fingerprint density at radius 1 is 1.42 bits per heavy atom. The van der Waals surface area contributed by atoms with Crippen LogP contribution in [0.3, 0.4) is 0 Å². The number of nitrogens with zero attached hydrogens (tertiary/aromatic N) is 4. The van der Waals surface area contributed by atoms with Gasteiger partial charge in [0.25, 0.3) is 0 Å². The number of carbonyl (C=O) groups excluding carboxylic acids is 1. The molecule has 1 rings (SSSR count). The van der Waals surface area contributed by atoms with E-state index in [-0.39, 0.29) is 5.95 Å². The molecular weight excluding hydrogens is 268 g/mol. The molecule has 0 radical (unpaired) electrons. The third-order valence-corrected chi connectivity index (χ3v) is 3.18. The van der Waals surface area contributed by atoms with Crippen LogP contribution < -0.4 is 16.4 Å². The Kier molecular flexibility index (Phi) is 5.77. The van der Waals surface area contributed by atoms with Gasteiger partial charge in [0.15, 0.2) is 0 Å². The van der Waals surface area contributed by atoms with E-state index in [2.05, 4.69) is 19.7 Å². The fourth-order valence-electron chi connectivity index (χ4n) is 1.19. The number of methoxy groups -OCH3 is 1. The number of esters is 1. The van der Waals surface area contributed by atoms with Crippen LogP contribution in [0, 0.1) is 0 Å². The number of aromatic nitrogens is 3. The van der Waals surface area contributed by atoms with Crippen molar-refractivity contribution in [3.63, 3.8) is 0 Å². The van der Waals surface area contributed by atoms with Crippen molar-refractivity contribution in [2.75, 3.05) is 37.6 Å². The van der Waals surface area contributed by atoms with Crippen molar-refractivity contribution in [1.29, 1.82) is 0 Å². The fourth-order valence-corrected chi connectivity index (χ4v) is 2.01. The van der Waals surface area contributed by atoms with Gasteiger partial charge in [-0.3, -0.25) is 4.79 Å². The molecule has 0 saturated carbocycles. The van der Waals surface area contributed by atoms with Gasteiger partial charge in [0.1, 0.15) is 11.9 Å². The minimum absolute atomic E-state index is 0.173. The Hall–Kier alpha value is -1.61. The molecule has 0 aromatic carbocycles. The smallest absolute Gasteiger partial charge is 0.323 e. The molecule has 9 heteroatoms. The van der Waals surface area contributed by atoms with Gasteiger partial charge in [-0.2, -0.15) is 26.7 Å². The molecule has 0 bridgehead atoms. The summed E-state index contributed by atoms with van der Waals surface area (Å²) < 4.78 is 4.54. The molecule has 1 atom stereocenters. The zero-order chi connectivity index (χ0) is 14.4. The highest BCUT2D eigenvalue weighted by Crippen LogP contribution is 2.13. The predicted octanol–water partition coefficient (Wildman–Crippen LogP) is -0.747. The highest BCUT2D eigenvalue weighted by molar-refractivity contribution is 7.98. The number of anilines is 2. The van der Waals surface area contributed by atoms with Crippen molar-refractivity contribution in [2.45, 2.75) is 11.8 Å². The number of nitrogen functional groups attached to an aromatic ring is 1. The Labute approximate surface area is 115 Å². The summed E-state index contributed by atoms with van der Waals surface area (Å²) in [7, 11) is 4.95. The van der Waals surface area contributed by atoms with Gasteiger partial charge in [-0.1, -0.05) is 0 Å². The van der Waals surface area contributed by atoms with Gasteiger partial charge < -0.3 is 21.1 Å². The fraction of sp³-hybridized carbons (Fsp3) is 0.600. The lowest BCUT2D eigenvalue weighted by Gasteiger charge is -2.12. The van der Waals surface area contributed by atoms with Crippen molar-refractivity contribution in [1.82, 2.24) is 15.0 Å². The third kappa shape index (κ3) is 4.87. The van der Waals surface area contributed by atoms with E-state index in [1.807, 2.05) is 14.1 Å². The Bertz CT molecular complexity index is 442. The highest BCUT2D eigenvalue weighted by atomic mass is 32.2. The number of rotatable bonds is 6. The van der Waals surface area contributed by atoms with Crippen LogP contribution in [0.25, 0.3) is 0 Å². The summed E-state index contributed by atoms with van der Waals surface area (Å²) in [5.41, 5.74) is 11.2. The molecule has 8 nitrogen and oxygen atoms in total. The molecule has 4 N–H and O–H groups in total. The zero-order valence-electron chi connectivity index (χ0n) is 11.2. The van der Waals surface area contributed by atoms with Gasteiger partial charge >= 0.3 is 5.97 Å². The average Bonchev–Trinajstić information content (AvgIpc) is 2.36. The molecule has 106 valence electrons. The number of hydrogen-bond acceptors (Lipinski definition) is 9. The SMILES string of the molecule is COC(=O)C(N)CSCc1nc(N)nc(N(C)C)n1. The van der Waals surface area contributed by atoms with Crippen LogP contribution in [-0.4, -0.2) is 53.9 Å². The van der Waals surface area contributed by atoms with Crippen LogP contribution in [0.1, 0.15) is 5.82 Å². The first-order valence-electron chi connectivity index (χ1n) is 5.53. The maximum absolute atomic E-state index is 11.1. The molecule has 1 heterocycles. The molecule has 0 amide bonds. The van der Waals surface area contributed by atoms with Crippen LogP contribution >= 0.6 is 11.8 Å². The van der Waals surface area contributed by atoms with Crippen molar-refractivity contribution >= 4 is 29.6 Å². The van der Waals surface area contributed by atoms with Crippen LogP contribution in [0.2, 0.25) is 0 Å². The van der Waals surface area contributed by atoms with E-state index < -0.39 is 12.0 Å². The molecule has 0 fully saturated rings. The minimum Gasteiger partial charge on any atom is -0.468 e. The van der Waals surface area contributed by atoms with Gasteiger partial charge in [0, 0.05) is 19.8 Å². The van der Waals surface area contributed by atoms with Crippen molar-refractivity contribution in [3.8, 4) is 0 Å². The second-order valence-corrected chi connectivity index (χ2v) is 4.98. The van der Waals surface area contributed by atoms with Crippen molar-refractivity contribution < 1.29 is 9.53 Å². The number of ether oxygens (including phenoxy) is 1. The van der Waals surface area contributed by atoms with E-state index >= 15 is 0 Å². The second kappa shape index (κ2) is 7.10. The van der Waals surface area contributed by atoms with E-state index in [0.717, 1.165) is 0 Å². The van der Waals surface area contributed by atoms with Gasteiger partial charge in [0.2, 0.25) is 11.9 Å². The highest BCUT2D eigenvalue weighted by Gasteiger charge is 2.14. The number of carbonyl (C=O) groups is 1. The summed E-state index contributed by atoms with van der Waals surface area (Å²) in [4.78, 5) is 25.1. The van der Waals surface area contributed by atoms with Crippen LogP contribution in [-0.2, 0) is 15.3 Å². The van der Waals surface area contributed by atoms with Crippen molar-refractivity contribution in [2.24, 2.45) is 5.73 Å². The molecule has 1 aromatic heterocycles. The summed E-state index contributed by atoms with van der Waals surface area (Å²) in [5, 5.41) is 0. The first-order chi connectivity index (χ1) is 8.93. The summed E-state index contributed by atoms with van der Waals surface area (Å²) >= 11 is 1.43. The van der Waals surface area contributed by atoms with Crippen LogP contribution in [0.5, 0.6) is 0 Å². The molecule has 19 heavy (non-hydrogen) atoms. The van der Waals surface area contributed by atoms with Gasteiger partial charge in [-0.05, 0) is 0 Å². The lowest BCUT2D eigenvalue weighted by atomic mass is 10.4. The Balaban J connectivity index is 2.56. The molecule has 0 aliphatic carbocycles. The Morgan fingerprint density at radius 2 is 2.11 bits per heavy atom. The maximum atomic E-state index is 11.1. The third-order valence-electron chi connectivity index (χ3n) is 2.12. The largest absolute Gasteiger partial charge is 0.468 e. The van der Waals surface area contributed by atoms with E-state index in [0.29, 0.717) is 23.3 Å². The second-order valence-electron chi connectivity index (χ2n) is 3.95.